The molecule has 3 aromatic rings. The van der Waals surface area contributed by atoms with Crippen LogP contribution >= 0.6 is 23.2 Å². The Hall–Kier alpha value is -3.69. The summed E-state index contributed by atoms with van der Waals surface area (Å²) in [4.78, 5) is 35.5. The van der Waals surface area contributed by atoms with Gasteiger partial charge in [0.2, 0.25) is 0 Å². The lowest BCUT2D eigenvalue weighted by atomic mass is 9.93. The third-order valence-corrected chi connectivity index (χ3v) is 6.08. The van der Waals surface area contributed by atoms with Crippen molar-refractivity contribution in [3.05, 3.63) is 90.8 Å². The van der Waals surface area contributed by atoms with Crippen LogP contribution in [0.1, 0.15) is 50.6 Å². The number of nitro benzene ring substituents is 1. The molecule has 34 heavy (non-hydrogen) atoms. The van der Waals surface area contributed by atoms with E-state index in [9.17, 15) is 19.7 Å². The molecule has 0 saturated carbocycles. The molecule has 0 saturated heterocycles. The summed E-state index contributed by atoms with van der Waals surface area (Å²) in [5, 5.41) is 18.5. The number of fused-ring (bicyclic) bond motifs is 1. The first kappa shape index (κ1) is 23.5. The van der Waals surface area contributed by atoms with Crippen LogP contribution in [-0.4, -0.2) is 22.4 Å². The van der Waals surface area contributed by atoms with Gasteiger partial charge in [0.25, 0.3) is 17.5 Å². The molecule has 0 bridgehead atoms. The molecular formula is C23H18Cl2N4O5. The maximum Gasteiger partial charge on any atom is 0.291 e. The van der Waals surface area contributed by atoms with Crippen LogP contribution in [0.5, 0.6) is 0 Å². The van der Waals surface area contributed by atoms with E-state index in [4.69, 9.17) is 27.6 Å². The van der Waals surface area contributed by atoms with Crippen molar-refractivity contribution < 1.29 is 18.9 Å². The predicted octanol–water partition coefficient (Wildman–Crippen LogP) is 5.53. The quantitative estimate of drug-likeness (QED) is 0.351. The fourth-order valence-corrected chi connectivity index (χ4v) is 3.97. The molecular weight excluding hydrogens is 483 g/mol. The van der Waals surface area contributed by atoms with Crippen molar-refractivity contribution in [1.82, 2.24) is 5.43 Å². The Bertz CT molecular complexity index is 1330. The van der Waals surface area contributed by atoms with E-state index in [2.05, 4.69) is 15.8 Å². The zero-order valence-corrected chi connectivity index (χ0v) is 19.4. The van der Waals surface area contributed by atoms with E-state index in [1.54, 1.807) is 25.1 Å². The maximum atomic E-state index is 12.8. The van der Waals surface area contributed by atoms with Gasteiger partial charge in [-0.1, -0.05) is 23.2 Å². The molecule has 2 aromatic carbocycles. The van der Waals surface area contributed by atoms with Gasteiger partial charge in [0.15, 0.2) is 5.76 Å². The average molecular weight is 501 g/mol. The number of furan rings is 1. The van der Waals surface area contributed by atoms with Gasteiger partial charge in [-0.3, -0.25) is 19.7 Å². The van der Waals surface area contributed by atoms with Gasteiger partial charge in [-0.15, -0.1) is 0 Å². The number of amides is 2. The number of benzene rings is 2. The number of hydrazone groups is 1. The molecule has 11 heteroatoms. The van der Waals surface area contributed by atoms with E-state index in [1.807, 2.05) is 0 Å². The van der Waals surface area contributed by atoms with Gasteiger partial charge in [0, 0.05) is 40.9 Å². The third-order valence-electron chi connectivity index (χ3n) is 5.34. The first-order valence-corrected chi connectivity index (χ1v) is 11.0. The van der Waals surface area contributed by atoms with Crippen molar-refractivity contribution in [2.75, 3.05) is 5.32 Å². The zero-order valence-electron chi connectivity index (χ0n) is 17.9. The molecule has 1 aliphatic carbocycles. The predicted molar refractivity (Wildman–Crippen MR) is 128 cm³/mol. The Balaban J connectivity index is 1.54. The topological polar surface area (TPSA) is 127 Å². The van der Waals surface area contributed by atoms with Gasteiger partial charge < -0.3 is 9.73 Å². The summed E-state index contributed by atoms with van der Waals surface area (Å²) in [6.07, 6.45) is 1.95. The molecule has 4 rings (SSSR count). The number of nitrogens with zero attached hydrogens (tertiary/aromatic N) is 2. The normalized spacial score (nSPS) is 13.9. The minimum Gasteiger partial charge on any atom is -0.455 e. The van der Waals surface area contributed by atoms with Crippen molar-refractivity contribution in [2.45, 2.75) is 26.2 Å². The highest BCUT2D eigenvalue weighted by atomic mass is 35.5. The smallest absolute Gasteiger partial charge is 0.291 e. The summed E-state index contributed by atoms with van der Waals surface area (Å²) in [5.41, 5.74) is 4.96. The van der Waals surface area contributed by atoms with Crippen molar-refractivity contribution in [1.29, 1.82) is 0 Å². The summed E-state index contributed by atoms with van der Waals surface area (Å²) in [7, 11) is 0. The highest BCUT2D eigenvalue weighted by Crippen LogP contribution is 2.31. The second-order valence-electron chi connectivity index (χ2n) is 7.59. The Kier molecular flexibility index (Phi) is 6.67. The van der Waals surface area contributed by atoms with Gasteiger partial charge in [-0.05, 0) is 50.1 Å². The van der Waals surface area contributed by atoms with Crippen LogP contribution in [0.4, 0.5) is 11.4 Å². The van der Waals surface area contributed by atoms with Crippen LogP contribution in [0.15, 0.2) is 52.0 Å². The average Bonchev–Trinajstić information content (AvgIpc) is 3.17. The van der Waals surface area contributed by atoms with Crippen molar-refractivity contribution >= 4 is 52.1 Å². The fourth-order valence-electron chi connectivity index (χ4n) is 3.68. The Morgan fingerprint density at radius 2 is 1.79 bits per heavy atom. The molecule has 0 atom stereocenters. The molecule has 0 radical (unpaired) electrons. The van der Waals surface area contributed by atoms with Crippen molar-refractivity contribution in [3.8, 4) is 0 Å². The standard InChI is InChI=1S/C23H18Cl2N4O5/c1-12-20-18(27-28-22(30)13-5-8-15(9-6-13)29(32)33)3-2-4-19(20)34-21(12)23(31)26-14-7-10-16(24)17(25)11-14/h5-11H,2-4H2,1H3,(H,26,31)(H,28,30)/b27-18+. The fraction of sp³-hybridized carbons (Fsp3) is 0.174. The first-order chi connectivity index (χ1) is 16.2. The summed E-state index contributed by atoms with van der Waals surface area (Å²) in [5.74, 6) is -0.188. The van der Waals surface area contributed by atoms with Crippen LogP contribution in [0.2, 0.25) is 10.0 Å². The Labute approximate surface area is 203 Å². The number of carbonyl (C=O) groups excluding carboxylic acids is 2. The number of carbonyl (C=O) groups is 2. The molecule has 0 spiro atoms. The number of anilines is 1. The summed E-state index contributed by atoms with van der Waals surface area (Å²) >= 11 is 11.9. The second-order valence-corrected chi connectivity index (χ2v) is 8.41. The van der Waals surface area contributed by atoms with Crippen molar-refractivity contribution in [3.63, 3.8) is 0 Å². The Morgan fingerprint density at radius 3 is 2.47 bits per heavy atom. The van der Waals surface area contributed by atoms with E-state index in [-0.39, 0.29) is 17.0 Å². The molecule has 0 unspecified atom stereocenters. The van der Waals surface area contributed by atoms with Crippen molar-refractivity contribution in [2.24, 2.45) is 5.10 Å². The third kappa shape index (κ3) is 4.80. The SMILES string of the molecule is Cc1c(C(=O)Nc2ccc(Cl)c(Cl)c2)oc2c1/C(=N/NC(=O)c1ccc([N+](=O)[O-])cc1)CCC2. The minimum atomic E-state index is -0.539. The maximum absolute atomic E-state index is 12.8. The van der Waals surface area contributed by atoms with E-state index in [1.165, 1.54) is 24.3 Å². The van der Waals surface area contributed by atoms with E-state index < -0.39 is 16.7 Å². The van der Waals surface area contributed by atoms with Crippen LogP contribution in [0, 0.1) is 17.0 Å². The highest BCUT2D eigenvalue weighted by Gasteiger charge is 2.28. The molecule has 2 amide bonds. The molecule has 1 aliphatic rings. The molecule has 174 valence electrons. The van der Waals surface area contributed by atoms with Gasteiger partial charge >= 0.3 is 0 Å². The van der Waals surface area contributed by atoms with Crippen LogP contribution in [0.25, 0.3) is 0 Å². The molecule has 1 aromatic heterocycles. The van der Waals surface area contributed by atoms with Gasteiger partial charge in [-0.25, -0.2) is 5.43 Å². The minimum absolute atomic E-state index is 0.111. The molecule has 0 fully saturated rings. The largest absolute Gasteiger partial charge is 0.455 e. The van der Waals surface area contributed by atoms with E-state index >= 15 is 0 Å². The highest BCUT2D eigenvalue weighted by molar-refractivity contribution is 6.42. The Morgan fingerprint density at radius 1 is 1.06 bits per heavy atom. The lowest BCUT2D eigenvalue weighted by Crippen LogP contribution is -2.22. The molecule has 9 nitrogen and oxygen atoms in total. The summed E-state index contributed by atoms with van der Waals surface area (Å²) in [6, 6.07) is 9.96. The summed E-state index contributed by atoms with van der Waals surface area (Å²) in [6.45, 7) is 1.76. The number of non-ortho nitro benzene ring substituents is 1. The summed E-state index contributed by atoms with van der Waals surface area (Å²) < 4.78 is 5.85. The number of rotatable bonds is 5. The number of hydrogen-bond donors (Lipinski definition) is 2. The number of aryl methyl sites for hydroxylation is 1. The van der Waals surface area contributed by atoms with Gasteiger partial charge in [-0.2, -0.15) is 5.10 Å². The van der Waals surface area contributed by atoms with Gasteiger partial charge in [0.1, 0.15) is 5.76 Å². The lowest BCUT2D eigenvalue weighted by molar-refractivity contribution is -0.384. The van der Waals surface area contributed by atoms with Crippen LogP contribution < -0.4 is 10.7 Å². The second kappa shape index (κ2) is 9.66. The first-order valence-electron chi connectivity index (χ1n) is 10.2. The number of hydrogen-bond acceptors (Lipinski definition) is 6. The van der Waals surface area contributed by atoms with Crippen LogP contribution in [-0.2, 0) is 6.42 Å². The van der Waals surface area contributed by atoms with Gasteiger partial charge in [0.05, 0.1) is 20.7 Å². The lowest BCUT2D eigenvalue weighted by Gasteiger charge is -2.13. The number of nitro groups is 1. The number of halogens is 2. The zero-order chi connectivity index (χ0) is 24.4. The number of nitrogens with one attached hydrogen (secondary N) is 2. The van der Waals surface area contributed by atoms with E-state index in [0.29, 0.717) is 51.2 Å². The molecule has 1 heterocycles. The van der Waals surface area contributed by atoms with E-state index in [0.717, 1.165) is 6.42 Å². The van der Waals surface area contributed by atoms with Crippen LogP contribution in [0.3, 0.4) is 0 Å². The monoisotopic (exact) mass is 500 g/mol. The molecule has 0 aliphatic heterocycles. The molecule has 2 N–H and O–H groups in total.